The van der Waals surface area contributed by atoms with Gasteiger partial charge < -0.3 is 4.42 Å². The van der Waals surface area contributed by atoms with Crippen molar-refractivity contribution < 1.29 is 17.2 Å². The number of nitrogens with two attached hydrogens (primary N) is 1. The number of sulfone groups is 1. The molecule has 0 spiro atoms. The third-order valence-corrected chi connectivity index (χ3v) is 6.27. The van der Waals surface area contributed by atoms with E-state index in [1.54, 1.807) is 6.07 Å². The Labute approximate surface area is 122 Å². The maximum absolute atomic E-state index is 13.2. The van der Waals surface area contributed by atoms with Crippen LogP contribution in [0.25, 0.3) is 11.0 Å². The predicted octanol–water partition coefficient (Wildman–Crippen LogP) is 2.04. The predicted molar refractivity (Wildman–Crippen MR) is 77.7 cm³/mol. The van der Waals surface area contributed by atoms with E-state index in [2.05, 4.69) is 5.43 Å². The van der Waals surface area contributed by atoms with Crippen LogP contribution in [0.1, 0.15) is 31.1 Å². The summed E-state index contributed by atoms with van der Waals surface area (Å²) in [6.45, 7) is 0. The first-order valence-corrected chi connectivity index (χ1v) is 8.59. The fourth-order valence-corrected chi connectivity index (χ4v) is 4.98. The average Bonchev–Trinajstić information content (AvgIpc) is 2.84. The van der Waals surface area contributed by atoms with E-state index in [-0.39, 0.29) is 11.6 Å². The van der Waals surface area contributed by atoms with Crippen molar-refractivity contribution in [2.75, 3.05) is 5.75 Å². The molecule has 1 aliphatic rings. The number of halogens is 1. The van der Waals surface area contributed by atoms with Gasteiger partial charge in [-0.2, -0.15) is 0 Å². The van der Waals surface area contributed by atoms with E-state index < -0.39 is 21.1 Å². The van der Waals surface area contributed by atoms with Crippen LogP contribution in [-0.4, -0.2) is 19.4 Å². The summed E-state index contributed by atoms with van der Waals surface area (Å²) in [7, 11) is -3.21. The first-order chi connectivity index (χ1) is 10.0. The fraction of sp³-hybridized carbons (Fsp3) is 0.429. The molecule has 1 fully saturated rings. The molecule has 1 aliphatic heterocycles. The maximum atomic E-state index is 13.2. The molecule has 0 bridgehead atoms. The summed E-state index contributed by atoms with van der Waals surface area (Å²) in [4.78, 5) is 0. The summed E-state index contributed by atoms with van der Waals surface area (Å²) >= 11 is 0. The van der Waals surface area contributed by atoms with E-state index in [4.69, 9.17) is 10.3 Å². The number of benzene rings is 1. The van der Waals surface area contributed by atoms with Gasteiger partial charge in [-0.3, -0.25) is 5.84 Å². The zero-order chi connectivity index (χ0) is 15.0. The van der Waals surface area contributed by atoms with E-state index >= 15 is 0 Å². The van der Waals surface area contributed by atoms with Crippen LogP contribution in [0.3, 0.4) is 0 Å². The Morgan fingerprint density at radius 3 is 2.86 bits per heavy atom. The van der Waals surface area contributed by atoms with Gasteiger partial charge in [0.05, 0.1) is 17.0 Å². The molecule has 2 atom stereocenters. The highest BCUT2D eigenvalue weighted by atomic mass is 32.2. The van der Waals surface area contributed by atoms with Crippen LogP contribution in [0.2, 0.25) is 0 Å². The summed E-state index contributed by atoms with van der Waals surface area (Å²) < 4.78 is 43.3. The molecule has 0 aliphatic carbocycles. The van der Waals surface area contributed by atoms with Gasteiger partial charge in [0.1, 0.15) is 17.2 Å². The number of furan rings is 1. The molecule has 2 unspecified atom stereocenters. The van der Waals surface area contributed by atoms with Gasteiger partial charge in [0.2, 0.25) is 0 Å². The molecular weight excluding hydrogens is 295 g/mol. The van der Waals surface area contributed by atoms with Crippen LogP contribution in [0.4, 0.5) is 4.39 Å². The van der Waals surface area contributed by atoms with Gasteiger partial charge in [0.25, 0.3) is 0 Å². The molecule has 0 radical (unpaired) electrons. The van der Waals surface area contributed by atoms with Crippen LogP contribution in [-0.2, 0) is 9.84 Å². The molecule has 2 aromatic rings. The molecular formula is C14H17FN2O3S. The maximum Gasteiger partial charge on any atom is 0.155 e. The molecule has 1 aromatic heterocycles. The van der Waals surface area contributed by atoms with E-state index in [0.29, 0.717) is 29.6 Å². The molecule has 21 heavy (non-hydrogen) atoms. The summed E-state index contributed by atoms with van der Waals surface area (Å²) in [5.41, 5.74) is 3.07. The topological polar surface area (TPSA) is 85.3 Å². The van der Waals surface area contributed by atoms with Crippen LogP contribution in [0, 0.1) is 5.82 Å². The van der Waals surface area contributed by atoms with Crippen molar-refractivity contribution >= 4 is 20.8 Å². The molecule has 1 aromatic carbocycles. The Kier molecular flexibility index (Phi) is 3.73. The third kappa shape index (κ3) is 2.68. The number of nitrogens with one attached hydrogen (secondary N) is 1. The Bertz CT molecular complexity index is 757. The molecule has 0 amide bonds. The second-order valence-electron chi connectivity index (χ2n) is 5.38. The lowest BCUT2D eigenvalue weighted by Crippen LogP contribution is -2.43. The minimum atomic E-state index is -3.21. The lowest BCUT2D eigenvalue weighted by atomic mass is 10.1. The van der Waals surface area contributed by atoms with Gasteiger partial charge >= 0.3 is 0 Å². The Balaban J connectivity index is 2.01. The molecule has 5 nitrogen and oxygen atoms in total. The molecule has 2 heterocycles. The van der Waals surface area contributed by atoms with Crippen LogP contribution in [0.5, 0.6) is 0 Å². The molecule has 7 heteroatoms. The molecule has 1 saturated heterocycles. The van der Waals surface area contributed by atoms with Crippen LogP contribution >= 0.6 is 0 Å². The fourth-order valence-electron chi connectivity index (χ4n) is 2.91. The SMILES string of the molecule is NNC(c1cc2cc(F)ccc2o1)C1CCCCS1(=O)=O. The molecule has 3 rings (SSSR count). The summed E-state index contributed by atoms with van der Waals surface area (Å²) in [5.74, 6) is 5.79. The highest BCUT2D eigenvalue weighted by Gasteiger charge is 2.37. The molecule has 0 saturated carbocycles. The minimum Gasteiger partial charge on any atom is -0.459 e. The Morgan fingerprint density at radius 2 is 2.14 bits per heavy atom. The van der Waals surface area contributed by atoms with Crippen molar-refractivity contribution in [3.63, 3.8) is 0 Å². The third-order valence-electron chi connectivity index (χ3n) is 3.98. The second kappa shape index (κ2) is 5.40. The van der Waals surface area contributed by atoms with E-state index in [1.807, 2.05) is 0 Å². The smallest absolute Gasteiger partial charge is 0.155 e. The number of hydrogen-bond donors (Lipinski definition) is 2. The van der Waals surface area contributed by atoms with Crippen molar-refractivity contribution in [1.29, 1.82) is 0 Å². The van der Waals surface area contributed by atoms with Crippen molar-refractivity contribution in [1.82, 2.24) is 5.43 Å². The summed E-state index contributed by atoms with van der Waals surface area (Å²) in [5, 5.41) is -0.0138. The van der Waals surface area contributed by atoms with Crippen molar-refractivity contribution in [2.45, 2.75) is 30.6 Å². The highest BCUT2D eigenvalue weighted by molar-refractivity contribution is 7.92. The second-order valence-corrected chi connectivity index (χ2v) is 7.72. The Morgan fingerprint density at radius 1 is 1.33 bits per heavy atom. The zero-order valence-electron chi connectivity index (χ0n) is 11.4. The van der Waals surface area contributed by atoms with Gasteiger partial charge in [-0.25, -0.2) is 18.2 Å². The normalized spacial score (nSPS) is 23.2. The van der Waals surface area contributed by atoms with E-state index in [9.17, 15) is 12.8 Å². The van der Waals surface area contributed by atoms with Gasteiger partial charge in [0.15, 0.2) is 9.84 Å². The van der Waals surface area contributed by atoms with Crippen molar-refractivity contribution in [3.8, 4) is 0 Å². The highest BCUT2D eigenvalue weighted by Crippen LogP contribution is 2.33. The van der Waals surface area contributed by atoms with Crippen molar-refractivity contribution in [3.05, 3.63) is 35.8 Å². The van der Waals surface area contributed by atoms with E-state index in [0.717, 1.165) is 6.42 Å². The quantitative estimate of drug-likeness (QED) is 0.669. The van der Waals surface area contributed by atoms with Crippen LogP contribution in [0.15, 0.2) is 28.7 Å². The Hall–Kier alpha value is -1.44. The number of hydrazine groups is 1. The number of fused-ring (bicyclic) bond motifs is 1. The van der Waals surface area contributed by atoms with Gasteiger partial charge in [-0.05, 0) is 37.1 Å². The number of hydrogen-bond acceptors (Lipinski definition) is 5. The minimum absolute atomic E-state index is 0.171. The first-order valence-electron chi connectivity index (χ1n) is 6.88. The monoisotopic (exact) mass is 312 g/mol. The van der Waals surface area contributed by atoms with E-state index in [1.165, 1.54) is 18.2 Å². The standard InChI is InChI=1S/C14H17FN2O3S/c15-10-4-5-11-9(7-10)8-12(20-11)14(17-16)13-3-1-2-6-21(13,18)19/h4-5,7-8,13-14,17H,1-3,6,16H2. The van der Waals surface area contributed by atoms with Crippen LogP contribution < -0.4 is 11.3 Å². The molecule has 3 N–H and O–H groups in total. The van der Waals surface area contributed by atoms with Gasteiger partial charge in [0, 0.05) is 5.39 Å². The summed E-state index contributed by atoms with van der Waals surface area (Å²) in [6, 6.07) is 5.21. The molecule has 114 valence electrons. The first kappa shape index (κ1) is 14.5. The lowest BCUT2D eigenvalue weighted by molar-refractivity contribution is 0.393. The van der Waals surface area contributed by atoms with Gasteiger partial charge in [-0.1, -0.05) is 6.42 Å². The zero-order valence-corrected chi connectivity index (χ0v) is 12.2. The number of rotatable bonds is 3. The lowest BCUT2D eigenvalue weighted by Gasteiger charge is -2.28. The van der Waals surface area contributed by atoms with Crippen molar-refractivity contribution in [2.24, 2.45) is 5.84 Å². The summed E-state index contributed by atoms with van der Waals surface area (Å²) in [6.07, 6.45) is 2.07. The van der Waals surface area contributed by atoms with Gasteiger partial charge in [-0.15, -0.1) is 0 Å². The largest absolute Gasteiger partial charge is 0.459 e. The average molecular weight is 312 g/mol.